The van der Waals surface area contributed by atoms with E-state index in [9.17, 15) is 29.4 Å². The van der Waals surface area contributed by atoms with Crippen molar-refractivity contribution in [1.82, 2.24) is 0 Å². The highest BCUT2D eigenvalue weighted by molar-refractivity contribution is 5.69. The van der Waals surface area contributed by atoms with Crippen LogP contribution in [0.25, 0.3) is 0 Å². The molecule has 0 bridgehead atoms. The highest BCUT2D eigenvalue weighted by Gasteiger charge is 2.60. The SMILES string of the molecule is CC(=O)OC[C@H]1O[C@](O)(c2ccc(O)cc2)[C@H](OC(C)=O)[C@@H](OC(C)=O)[C@@H]1OC(C)=O. The Balaban J connectivity index is 2.62. The van der Waals surface area contributed by atoms with E-state index >= 15 is 0 Å². The Hall–Kier alpha value is -3.18. The zero-order valence-corrected chi connectivity index (χ0v) is 17.4. The maximum atomic E-state index is 11.8. The molecule has 0 aromatic heterocycles. The fraction of sp³-hybridized carbons (Fsp3) is 0.500. The Kier molecular flexibility index (Phi) is 7.58. The van der Waals surface area contributed by atoms with E-state index in [1.165, 1.54) is 24.3 Å². The lowest BCUT2D eigenvalue weighted by Gasteiger charge is -2.48. The van der Waals surface area contributed by atoms with E-state index in [1.807, 2.05) is 0 Å². The second-order valence-electron chi connectivity index (χ2n) is 6.88. The van der Waals surface area contributed by atoms with Crippen LogP contribution >= 0.6 is 0 Å². The molecule has 1 aliphatic heterocycles. The van der Waals surface area contributed by atoms with Crippen molar-refractivity contribution in [3.05, 3.63) is 29.8 Å². The lowest BCUT2D eigenvalue weighted by Crippen LogP contribution is -2.66. The zero-order valence-electron chi connectivity index (χ0n) is 17.4. The van der Waals surface area contributed by atoms with Gasteiger partial charge in [0.25, 0.3) is 0 Å². The van der Waals surface area contributed by atoms with E-state index in [0.29, 0.717) is 0 Å². The number of aromatic hydroxyl groups is 1. The molecule has 31 heavy (non-hydrogen) atoms. The van der Waals surface area contributed by atoms with E-state index in [2.05, 4.69) is 0 Å². The van der Waals surface area contributed by atoms with Crippen LogP contribution in [0.5, 0.6) is 5.75 Å². The number of aliphatic hydroxyl groups is 1. The maximum absolute atomic E-state index is 11.8. The van der Waals surface area contributed by atoms with Crippen molar-refractivity contribution in [2.75, 3.05) is 6.61 Å². The molecule has 0 aliphatic carbocycles. The van der Waals surface area contributed by atoms with Crippen LogP contribution in [0.4, 0.5) is 0 Å². The minimum atomic E-state index is -2.42. The topological polar surface area (TPSA) is 155 Å². The molecule has 2 N–H and O–H groups in total. The molecule has 170 valence electrons. The predicted molar refractivity (Wildman–Crippen MR) is 100 cm³/mol. The average Bonchev–Trinajstić information content (AvgIpc) is 2.65. The number of carbonyl (C=O) groups excluding carboxylic acids is 4. The number of phenols is 1. The van der Waals surface area contributed by atoms with Gasteiger partial charge in [0, 0.05) is 33.3 Å². The molecule has 0 saturated carbocycles. The third-order valence-corrected chi connectivity index (χ3v) is 4.33. The fourth-order valence-electron chi connectivity index (χ4n) is 3.21. The van der Waals surface area contributed by atoms with Crippen molar-refractivity contribution in [3.63, 3.8) is 0 Å². The second-order valence-corrected chi connectivity index (χ2v) is 6.88. The molecule has 1 aromatic carbocycles. The number of hydrogen-bond donors (Lipinski definition) is 2. The van der Waals surface area contributed by atoms with Crippen LogP contribution in [0.3, 0.4) is 0 Å². The summed E-state index contributed by atoms with van der Waals surface area (Å²) in [6.45, 7) is 3.90. The van der Waals surface area contributed by atoms with E-state index < -0.39 is 60.7 Å². The van der Waals surface area contributed by atoms with Crippen LogP contribution in [-0.2, 0) is 48.6 Å². The first-order valence-corrected chi connectivity index (χ1v) is 9.28. The quantitative estimate of drug-likeness (QED) is 0.463. The Bertz CT molecular complexity index is 834. The number of rotatable bonds is 6. The van der Waals surface area contributed by atoms with Gasteiger partial charge in [-0.2, -0.15) is 0 Å². The fourth-order valence-corrected chi connectivity index (χ4v) is 3.21. The van der Waals surface area contributed by atoms with Gasteiger partial charge in [-0.05, 0) is 24.3 Å². The lowest BCUT2D eigenvalue weighted by atomic mass is 9.87. The summed E-state index contributed by atoms with van der Waals surface area (Å²) < 4.78 is 26.4. The van der Waals surface area contributed by atoms with E-state index in [0.717, 1.165) is 27.7 Å². The molecule has 0 unspecified atom stereocenters. The number of phenolic OH excluding ortho intramolecular Hbond substituents is 1. The van der Waals surface area contributed by atoms with E-state index in [1.54, 1.807) is 0 Å². The number of hydrogen-bond acceptors (Lipinski definition) is 11. The van der Waals surface area contributed by atoms with Crippen molar-refractivity contribution in [1.29, 1.82) is 0 Å². The molecule has 11 heteroatoms. The lowest BCUT2D eigenvalue weighted by molar-refractivity contribution is -0.360. The summed E-state index contributed by atoms with van der Waals surface area (Å²) in [5.41, 5.74) is 0.0304. The number of ether oxygens (including phenoxy) is 5. The highest BCUT2D eigenvalue weighted by atomic mass is 16.7. The standard InChI is InChI=1S/C20H24O11/c1-10(21)27-9-16-17(28-11(2)22)18(29-12(3)23)19(30-13(4)24)20(26,31-16)14-5-7-15(25)8-6-14/h5-8,16-19,25-26H,9H2,1-4H3/t16-,17-,18+,19-,20-/m1/s1. The van der Waals surface area contributed by atoms with Crippen molar-refractivity contribution >= 4 is 23.9 Å². The molecule has 1 aromatic rings. The third-order valence-electron chi connectivity index (χ3n) is 4.33. The first-order chi connectivity index (χ1) is 14.4. The van der Waals surface area contributed by atoms with E-state index in [-0.39, 0.29) is 11.3 Å². The van der Waals surface area contributed by atoms with Crippen molar-refractivity contribution in [2.45, 2.75) is 57.9 Å². The second kappa shape index (κ2) is 9.75. The molecule has 0 spiro atoms. The molecule has 0 amide bonds. The largest absolute Gasteiger partial charge is 0.508 e. The minimum Gasteiger partial charge on any atom is -0.508 e. The summed E-state index contributed by atoms with van der Waals surface area (Å²) in [7, 11) is 0. The van der Waals surface area contributed by atoms with Gasteiger partial charge < -0.3 is 33.9 Å². The molecular formula is C20H24O11. The van der Waals surface area contributed by atoms with Gasteiger partial charge in [0.05, 0.1) is 0 Å². The third kappa shape index (κ3) is 5.92. The first-order valence-electron chi connectivity index (χ1n) is 9.28. The van der Waals surface area contributed by atoms with Crippen LogP contribution in [0.1, 0.15) is 33.3 Å². The summed E-state index contributed by atoms with van der Waals surface area (Å²) in [5.74, 6) is -5.65. The van der Waals surface area contributed by atoms with Crippen molar-refractivity contribution in [2.24, 2.45) is 0 Å². The average molecular weight is 440 g/mol. The van der Waals surface area contributed by atoms with Gasteiger partial charge in [0.15, 0.2) is 12.2 Å². The summed E-state index contributed by atoms with van der Waals surface area (Å²) in [5, 5.41) is 21.0. The van der Waals surface area contributed by atoms with Crippen LogP contribution < -0.4 is 0 Å². The highest BCUT2D eigenvalue weighted by Crippen LogP contribution is 2.41. The van der Waals surface area contributed by atoms with Gasteiger partial charge in [-0.3, -0.25) is 19.2 Å². The molecule has 1 heterocycles. The molecule has 0 radical (unpaired) electrons. The molecule has 5 atom stereocenters. The summed E-state index contributed by atoms with van der Waals surface area (Å²) in [6.07, 6.45) is -5.87. The monoisotopic (exact) mass is 440 g/mol. The normalized spacial score (nSPS) is 27.6. The minimum absolute atomic E-state index is 0.0304. The van der Waals surface area contributed by atoms with Crippen molar-refractivity contribution in [3.8, 4) is 5.75 Å². The summed E-state index contributed by atoms with van der Waals surface area (Å²) >= 11 is 0. The van der Waals surface area contributed by atoms with Crippen LogP contribution in [0.2, 0.25) is 0 Å². The predicted octanol–water partition coefficient (Wildman–Crippen LogP) is 0.294. The van der Waals surface area contributed by atoms with Gasteiger partial charge in [-0.15, -0.1) is 0 Å². The number of carbonyl (C=O) groups is 4. The van der Waals surface area contributed by atoms with Gasteiger partial charge in [0.1, 0.15) is 18.5 Å². The Morgan fingerprint density at radius 3 is 1.87 bits per heavy atom. The molecule has 1 saturated heterocycles. The number of esters is 4. The molecule has 11 nitrogen and oxygen atoms in total. The van der Waals surface area contributed by atoms with Gasteiger partial charge >= 0.3 is 23.9 Å². The van der Waals surface area contributed by atoms with Gasteiger partial charge in [-0.25, -0.2) is 0 Å². The Morgan fingerprint density at radius 2 is 1.39 bits per heavy atom. The van der Waals surface area contributed by atoms with Gasteiger partial charge in [-0.1, -0.05) is 0 Å². The van der Waals surface area contributed by atoms with E-state index in [4.69, 9.17) is 23.7 Å². The zero-order chi connectivity index (χ0) is 23.3. The van der Waals surface area contributed by atoms with Crippen LogP contribution in [0.15, 0.2) is 24.3 Å². The van der Waals surface area contributed by atoms with Crippen LogP contribution in [-0.4, -0.2) is 65.1 Å². The summed E-state index contributed by atoms with van der Waals surface area (Å²) in [4.78, 5) is 46.6. The van der Waals surface area contributed by atoms with Gasteiger partial charge in [0.2, 0.25) is 11.9 Å². The summed E-state index contributed by atoms with van der Waals surface area (Å²) in [6, 6.07) is 5.10. The Labute approximate surface area is 177 Å². The molecule has 1 fully saturated rings. The first kappa shape index (κ1) is 24.1. The Morgan fingerprint density at radius 1 is 0.871 bits per heavy atom. The van der Waals surface area contributed by atoms with Crippen LogP contribution in [0, 0.1) is 0 Å². The smallest absolute Gasteiger partial charge is 0.303 e. The maximum Gasteiger partial charge on any atom is 0.303 e. The van der Waals surface area contributed by atoms with Crippen molar-refractivity contribution < 1.29 is 53.1 Å². The molecule has 2 rings (SSSR count). The molecule has 1 aliphatic rings. The molecular weight excluding hydrogens is 416 g/mol. The number of benzene rings is 1.